The van der Waals surface area contributed by atoms with Gasteiger partial charge in [0.1, 0.15) is 6.04 Å². The lowest BCUT2D eigenvalue weighted by atomic mass is 9.71. The molecule has 0 aliphatic carbocycles. The molecule has 156 valence electrons. The van der Waals surface area contributed by atoms with Gasteiger partial charge in [-0.05, 0) is 31.2 Å². The van der Waals surface area contributed by atoms with Crippen LogP contribution in [0.5, 0.6) is 0 Å². The van der Waals surface area contributed by atoms with Gasteiger partial charge < -0.3 is 14.7 Å². The van der Waals surface area contributed by atoms with Gasteiger partial charge in [-0.3, -0.25) is 14.7 Å². The average molecular weight is 406 g/mol. The number of rotatable bonds is 2. The Bertz CT molecular complexity index is 1020. The molecule has 30 heavy (non-hydrogen) atoms. The molecule has 2 aromatic heterocycles. The summed E-state index contributed by atoms with van der Waals surface area (Å²) in [5.74, 6) is 0.823. The van der Waals surface area contributed by atoms with Crippen molar-refractivity contribution in [2.24, 2.45) is 11.8 Å². The van der Waals surface area contributed by atoms with Crippen molar-refractivity contribution in [1.82, 2.24) is 25.0 Å². The Morgan fingerprint density at radius 2 is 2.00 bits per heavy atom. The maximum absolute atomic E-state index is 13.6. The van der Waals surface area contributed by atoms with Crippen molar-refractivity contribution < 1.29 is 9.59 Å². The Morgan fingerprint density at radius 3 is 2.87 bits per heavy atom. The summed E-state index contributed by atoms with van der Waals surface area (Å²) in [4.78, 5) is 37.2. The first-order valence-electron chi connectivity index (χ1n) is 11.0. The zero-order chi connectivity index (χ0) is 20.2. The predicted octanol–water partition coefficient (Wildman–Crippen LogP) is 1.56. The van der Waals surface area contributed by atoms with Crippen molar-refractivity contribution in [2.45, 2.75) is 37.8 Å². The van der Waals surface area contributed by atoms with Crippen LogP contribution in [0.4, 0.5) is 5.69 Å². The quantitative estimate of drug-likeness (QED) is 0.765. The zero-order valence-electron chi connectivity index (χ0n) is 16.9. The summed E-state index contributed by atoms with van der Waals surface area (Å²) in [5.41, 5.74) is 1.90. The van der Waals surface area contributed by atoms with E-state index < -0.39 is 0 Å². The minimum atomic E-state index is -0.344. The van der Waals surface area contributed by atoms with Gasteiger partial charge in [-0.25, -0.2) is 4.98 Å². The number of pyridine rings is 1. The SMILES string of the molecule is O=C([C@H]1[C@@H]2C[C@@H](CN(c3ccnc4[nH]ncc34)C2)[C@@H]2CCCC(=O)N21)N1CC=CC1. The molecule has 0 unspecified atom stereocenters. The molecule has 0 aromatic carbocycles. The summed E-state index contributed by atoms with van der Waals surface area (Å²) in [6.45, 7) is 2.99. The first kappa shape index (κ1) is 17.9. The lowest BCUT2D eigenvalue weighted by Gasteiger charge is -2.56. The third kappa shape index (κ3) is 2.66. The smallest absolute Gasteiger partial charge is 0.246 e. The van der Waals surface area contributed by atoms with Gasteiger partial charge in [0.25, 0.3) is 0 Å². The number of H-pyrrole nitrogens is 1. The second-order valence-corrected chi connectivity index (χ2v) is 9.04. The van der Waals surface area contributed by atoms with Gasteiger partial charge >= 0.3 is 0 Å². The maximum atomic E-state index is 13.6. The van der Waals surface area contributed by atoms with Crippen molar-refractivity contribution in [3.05, 3.63) is 30.6 Å². The average Bonchev–Trinajstić information content (AvgIpc) is 3.46. The Hall–Kier alpha value is -2.90. The Labute approximate surface area is 174 Å². The summed E-state index contributed by atoms with van der Waals surface area (Å²) in [7, 11) is 0. The molecular weight excluding hydrogens is 380 g/mol. The van der Waals surface area contributed by atoms with Crippen LogP contribution in [0.25, 0.3) is 11.0 Å². The second-order valence-electron chi connectivity index (χ2n) is 9.04. The number of amides is 2. The number of aromatic nitrogens is 3. The molecule has 1 N–H and O–H groups in total. The molecule has 4 atom stereocenters. The van der Waals surface area contributed by atoms with Crippen molar-refractivity contribution in [1.29, 1.82) is 0 Å². The molecule has 8 nitrogen and oxygen atoms in total. The third-order valence-corrected chi connectivity index (χ3v) is 7.40. The maximum Gasteiger partial charge on any atom is 0.246 e. The van der Waals surface area contributed by atoms with E-state index in [1.54, 1.807) is 0 Å². The summed E-state index contributed by atoms with van der Waals surface area (Å²) in [6, 6.07) is 1.86. The van der Waals surface area contributed by atoms with E-state index in [1.807, 2.05) is 40.4 Å². The van der Waals surface area contributed by atoms with E-state index in [1.165, 1.54) is 0 Å². The molecule has 0 radical (unpaired) electrons. The molecule has 3 fully saturated rings. The molecule has 0 spiro atoms. The first-order chi connectivity index (χ1) is 14.7. The summed E-state index contributed by atoms with van der Waals surface area (Å²) in [5, 5.41) is 8.14. The van der Waals surface area contributed by atoms with Crippen molar-refractivity contribution in [3.8, 4) is 0 Å². The van der Waals surface area contributed by atoms with Gasteiger partial charge in [0.05, 0.1) is 17.3 Å². The topological polar surface area (TPSA) is 85.4 Å². The largest absolute Gasteiger partial charge is 0.370 e. The number of hydrogen-bond donors (Lipinski definition) is 1. The minimum Gasteiger partial charge on any atom is -0.370 e. The van der Waals surface area contributed by atoms with Crippen molar-refractivity contribution in [2.75, 3.05) is 31.1 Å². The number of anilines is 1. The molecule has 6 rings (SSSR count). The van der Waals surface area contributed by atoms with E-state index in [9.17, 15) is 9.59 Å². The minimum absolute atomic E-state index is 0.119. The molecule has 4 aliphatic rings. The fraction of sp³-hybridized carbons (Fsp3) is 0.545. The second kappa shape index (κ2) is 6.82. The lowest BCUT2D eigenvalue weighted by Crippen LogP contribution is -2.68. The summed E-state index contributed by atoms with van der Waals surface area (Å²) >= 11 is 0. The number of fused-ring (bicyclic) bond motifs is 5. The van der Waals surface area contributed by atoms with E-state index in [4.69, 9.17) is 0 Å². The van der Waals surface area contributed by atoms with Gasteiger partial charge in [0.2, 0.25) is 11.8 Å². The lowest BCUT2D eigenvalue weighted by molar-refractivity contribution is -0.160. The van der Waals surface area contributed by atoms with Crippen LogP contribution in [-0.4, -0.2) is 75.1 Å². The van der Waals surface area contributed by atoms with Crippen LogP contribution in [0.2, 0.25) is 0 Å². The van der Waals surface area contributed by atoms with Crippen LogP contribution in [0.15, 0.2) is 30.6 Å². The number of hydrogen-bond acceptors (Lipinski definition) is 5. The van der Waals surface area contributed by atoms with Crippen LogP contribution in [0.1, 0.15) is 25.7 Å². The Balaban J connectivity index is 1.37. The summed E-state index contributed by atoms with van der Waals surface area (Å²) < 4.78 is 0. The summed E-state index contributed by atoms with van der Waals surface area (Å²) in [6.07, 6.45) is 11.2. The van der Waals surface area contributed by atoms with E-state index in [-0.39, 0.29) is 29.8 Å². The number of nitrogens with one attached hydrogen (secondary N) is 1. The fourth-order valence-electron chi connectivity index (χ4n) is 6.13. The fourth-order valence-corrected chi connectivity index (χ4v) is 6.13. The van der Waals surface area contributed by atoms with E-state index >= 15 is 0 Å². The van der Waals surface area contributed by atoms with E-state index in [0.29, 0.717) is 25.4 Å². The number of nitrogens with zero attached hydrogens (tertiary/aromatic N) is 5. The van der Waals surface area contributed by atoms with Crippen LogP contribution < -0.4 is 4.90 Å². The van der Waals surface area contributed by atoms with Crippen molar-refractivity contribution >= 4 is 28.5 Å². The highest BCUT2D eigenvalue weighted by Gasteiger charge is 2.52. The molecular formula is C22H26N6O2. The predicted molar refractivity (Wildman–Crippen MR) is 112 cm³/mol. The Kier molecular flexibility index (Phi) is 4.07. The number of carbonyl (C=O) groups excluding carboxylic acids is 2. The van der Waals surface area contributed by atoms with Gasteiger partial charge in [0.15, 0.2) is 5.65 Å². The zero-order valence-corrected chi connectivity index (χ0v) is 16.9. The molecule has 2 aromatic rings. The molecule has 2 bridgehead atoms. The third-order valence-electron chi connectivity index (χ3n) is 7.40. The molecule has 4 aliphatic heterocycles. The highest BCUT2D eigenvalue weighted by molar-refractivity contribution is 5.91. The number of piperidine rings is 3. The molecule has 0 saturated carbocycles. The molecule has 6 heterocycles. The van der Waals surface area contributed by atoms with Gasteiger partial charge in [-0.2, -0.15) is 5.10 Å². The molecule has 2 amide bonds. The first-order valence-corrected chi connectivity index (χ1v) is 11.0. The standard InChI is InChI=1S/C22H26N6O2/c29-19-5-3-4-17-14-10-15(20(28(17)19)22(30)26-8-1-2-9-26)13-27(12-14)18-6-7-23-21-16(18)11-24-25-21/h1-2,6-7,11,14-15,17,20H,3-5,8-10,12-13H2,(H,23,24,25)/t14-,15+,17-,20+/m0/s1. The molecule has 8 heteroatoms. The van der Waals surface area contributed by atoms with Crippen LogP contribution in [0, 0.1) is 11.8 Å². The highest BCUT2D eigenvalue weighted by Crippen LogP contribution is 2.43. The normalized spacial score (nSPS) is 30.8. The monoisotopic (exact) mass is 406 g/mol. The Morgan fingerprint density at radius 1 is 1.17 bits per heavy atom. The van der Waals surface area contributed by atoms with Crippen LogP contribution in [0.3, 0.4) is 0 Å². The van der Waals surface area contributed by atoms with Gasteiger partial charge in [-0.1, -0.05) is 12.2 Å². The van der Waals surface area contributed by atoms with E-state index in [0.717, 1.165) is 49.1 Å². The van der Waals surface area contributed by atoms with Crippen molar-refractivity contribution in [3.63, 3.8) is 0 Å². The van der Waals surface area contributed by atoms with Crippen LogP contribution >= 0.6 is 0 Å². The van der Waals surface area contributed by atoms with Gasteiger partial charge in [-0.15, -0.1) is 0 Å². The van der Waals surface area contributed by atoms with E-state index in [2.05, 4.69) is 20.1 Å². The van der Waals surface area contributed by atoms with Gasteiger partial charge in [0, 0.05) is 50.8 Å². The molecule has 3 saturated heterocycles. The van der Waals surface area contributed by atoms with Crippen LogP contribution in [-0.2, 0) is 9.59 Å². The number of carbonyl (C=O) groups is 2. The highest BCUT2D eigenvalue weighted by atomic mass is 16.2. The number of aromatic amines is 1.